The molecule has 1 heterocycles. The highest BCUT2D eigenvalue weighted by Gasteiger charge is 2.75. The Morgan fingerprint density at radius 1 is 0.520 bits per heavy atom. The van der Waals surface area contributed by atoms with Gasteiger partial charge in [-0.2, -0.15) is 52.7 Å². The minimum Gasteiger partial charge on any atom is -0.369 e. The molecule has 0 saturated heterocycles. The predicted molar refractivity (Wildman–Crippen MR) is 56.3 cm³/mol. The summed E-state index contributed by atoms with van der Waals surface area (Å²) in [6, 6.07) is -0.854. The van der Waals surface area contributed by atoms with Crippen LogP contribution in [0, 0.1) is 0 Å². The van der Waals surface area contributed by atoms with Gasteiger partial charge < -0.3 is 10.2 Å². The SMILES string of the molecule is OC(c1ccc(C(O)(C(F)(F)F)C(F)(F)F)s1)(C(F)(F)F)C(F)(F)F. The zero-order valence-corrected chi connectivity index (χ0v) is 11.8. The first-order chi connectivity index (χ1) is 10.7. The molecule has 0 aromatic carbocycles. The highest BCUT2D eigenvalue weighted by atomic mass is 32.1. The lowest BCUT2D eigenvalue weighted by Gasteiger charge is -2.32. The fourth-order valence-corrected chi connectivity index (χ4v) is 2.87. The summed E-state index contributed by atoms with van der Waals surface area (Å²) >= 11 is -1.33. The Labute approximate surface area is 133 Å². The Balaban J connectivity index is 3.67. The molecule has 1 rings (SSSR count). The molecule has 2 nitrogen and oxygen atoms in total. The van der Waals surface area contributed by atoms with Gasteiger partial charge in [-0.25, -0.2) is 0 Å². The van der Waals surface area contributed by atoms with E-state index in [9.17, 15) is 52.7 Å². The third kappa shape index (κ3) is 3.16. The van der Waals surface area contributed by atoms with E-state index in [1.807, 2.05) is 0 Å². The van der Waals surface area contributed by atoms with Crippen molar-refractivity contribution in [1.29, 1.82) is 0 Å². The summed E-state index contributed by atoms with van der Waals surface area (Å²) in [7, 11) is 0. The molecule has 0 bridgehead atoms. The van der Waals surface area contributed by atoms with E-state index in [1.165, 1.54) is 0 Å². The average Bonchev–Trinajstić information content (AvgIpc) is 2.80. The normalized spacial score (nSPS) is 15.6. The summed E-state index contributed by atoms with van der Waals surface area (Å²) in [5.41, 5.74) is -11.4. The van der Waals surface area contributed by atoms with Gasteiger partial charge in [-0.3, -0.25) is 0 Å². The Hall–Kier alpha value is -1.22. The van der Waals surface area contributed by atoms with Gasteiger partial charge in [0.15, 0.2) is 0 Å². The van der Waals surface area contributed by atoms with Gasteiger partial charge in [-0.1, -0.05) is 0 Å². The minimum atomic E-state index is -6.51. The van der Waals surface area contributed by atoms with Crippen molar-refractivity contribution in [2.45, 2.75) is 35.9 Å². The summed E-state index contributed by atoms with van der Waals surface area (Å²) in [5.74, 6) is 0. The highest BCUT2D eigenvalue weighted by Crippen LogP contribution is 2.56. The molecule has 0 unspecified atom stereocenters. The molecule has 0 saturated carbocycles. The van der Waals surface area contributed by atoms with Gasteiger partial charge in [-0.05, 0) is 12.1 Å². The molecular formula is C10H4F12O2S. The molecular weight excluding hydrogens is 412 g/mol. The number of hydrogen-bond donors (Lipinski definition) is 2. The first-order valence-corrected chi connectivity index (χ1v) is 6.35. The summed E-state index contributed by atoms with van der Waals surface area (Å²) in [5, 5.41) is 17.9. The second kappa shape index (κ2) is 5.64. The fourth-order valence-electron chi connectivity index (χ4n) is 1.61. The van der Waals surface area contributed by atoms with E-state index in [4.69, 9.17) is 10.2 Å². The maximum Gasteiger partial charge on any atom is 0.431 e. The van der Waals surface area contributed by atoms with Crippen molar-refractivity contribution in [1.82, 2.24) is 0 Å². The van der Waals surface area contributed by atoms with Gasteiger partial charge in [0, 0.05) is 0 Å². The molecule has 2 N–H and O–H groups in total. The number of aliphatic hydroxyl groups is 2. The van der Waals surface area contributed by atoms with E-state index < -0.39 is 69.1 Å². The number of hydrogen-bond acceptors (Lipinski definition) is 3. The van der Waals surface area contributed by atoms with Crippen LogP contribution in [0.4, 0.5) is 52.7 Å². The van der Waals surface area contributed by atoms with E-state index >= 15 is 0 Å². The van der Waals surface area contributed by atoms with Crippen molar-refractivity contribution in [2.24, 2.45) is 0 Å². The van der Waals surface area contributed by atoms with E-state index in [0.717, 1.165) is 0 Å². The second-order valence-corrected chi connectivity index (χ2v) is 5.66. The van der Waals surface area contributed by atoms with Gasteiger partial charge in [0.25, 0.3) is 11.2 Å². The van der Waals surface area contributed by atoms with Crippen LogP contribution in [0.5, 0.6) is 0 Å². The molecule has 25 heavy (non-hydrogen) atoms. The van der Waals surface area contributed by atoms with Crippen molar-refractivity contribution in [3.05, 3.63) is 21.9 Å². The molecule has 0 aliphatic rings. The van der Waals surface area contributed by atoms with Gasteiger partial charge in [0.2, 0.25) is 0 Å². The Bertz CT molecular complexity index is 539. The van der Waals surface area contributed by atoms with Crippen LogP contribution >= 0.6 is 11.3 Å². The first kappa shape index (κ1) is 21.8. The number of alkyl halides is 12. The number of rotatable bonds is 2. The number of thiophene rings is 1. The zero-order chi connectivity index (χ0) is 20.3. The molecule has 146 valence electrons. The quantitative estimate of drug-likeness (QED) is 0.704. The summed E-state index contributed by atoms with van der Waals surface area (Å²) in [6.45, 7) is 0. The average molecular weight is 416 g/mol. The molecule has 1 aromatic rings. The van der Waals surface area contributed by atoms with Crippen molar-refractivity contribution in [2.75, 3.05) is 0 Å². The van der Waals surface area contributed by atoms with Crippen LogP contribution in [0.2, 0.25) is 0 Å². The summed E-state index contributed by atoms with van der Waals surface area (Å²) in [4.78, 5) is -4.65. The summed E-state index contributed by atoms with van der Waals surface area (Å²) < 4.78 is 151. The Morgan fingerprint density at radius 3 is 0.880 bits per heavy atom. The van der Waals surface area contributed by atoms with Gasteiger partial charge in [0.1, 0.15) is 0 Å². The summed E-state index contributed by atoms with van der Waals surface area (Å²) in [6.07, 6.45) is -26.0. The molecule has 0 spiro atoms. The van der Waals surface area contributed by atoms with Crippen molar-refractivity contribution >= 4 is 11.3 Å². The van der Waals surface area contributed by atoms with Crippen molar-refractivity contribution < 1.29 is 62.9 Å². The third-order valence-electron chi connectivity index (χ3n) is 2.96. The maximum atomic E-state index is 12.6. The van der Waals surface area contributed by atoms with E-state index in [2.05, 4.69) is 0 Å². The number of halogens is 12. The molecule has 15 heteroatoms. The molecule has 1 aromatic heterocycles. The van der Waals surface area contributed by atoms with Crippen LogP contribution in [0.15, 0.2) is 12.1 Å². The van der Waals surface area contributed by atoms with E-state index in [1.54, 1.807) is 0 Å². The smallest absolute Gasteiger partial charge is 0.369 e. The van der Waals surface area contributed by atoms with Crippen LogP contribution in [0.25, 0.3) is 0 Å². The molecule has 0 atom stereocenters. The van der Waals surface area contributed by atoms with E-state index in [0.29, 0.717) is 0 Å². The van der Waals surface area contributed by atoms with Crippen LogP contribution < -0.4 is 0 Å². The molecule has 0 fully saturated rings. The van der Waals surface area contributed by atoms with Gasteiger partial charge >= 0.3 is 24.7 Å². The zero-order valence-electron chi connectivity index (χ0n) is 11.0. The Morgan fingerprint density at radius 2 is 0.720 bits per heavy atom. The standard InChI is InChI=1S/C10H4F12O2S/c11-7(12,13)5(23,8(14,15)16)3-1-2-4(25-3)6(24,9(17,18)19)10(20,21)22/h1-2,23-24H. The highest BCUT2D eigenvalue weighted by molar-refractivity contribution is 7.12. The molecule has 0 aliphatic carbocycles. The third-order valence-corrected chi connectivity index (χ3v) is 4.26. The molecule has 0 radical (unpaired) electrons. The lowest BCUT2D eigenvalue weighted by atomic mass is 9.99. The Kier molecular flexibility index (Phi) is 4.92. The lowest BCUT2D eigenvalue weighted by Crippen LogP contribution is -2.54. The van der Waals surface area contributed by atoms with Gasteiger partial charge in [0.05, 0.1) is 9.75 Å². The van der Waals surface area contributed by atoms with Crippen LogP contribution in [0.1, 0.15) is 9.75 Å². The fraction of sp³-hybridized carbons (Fsp3) is 0.600. The maximum absolute atomic E-state index is 12.6. The predicted octanol–water partition coefficient (Wildman–Crippen LogP) is 4.37. The van der Waals surface area contributed by atoms with Crippen LogP contribution in [-0.4, -0.2) is 34.9 Å². The second-order valence-electron chi connectivity index (χ2n) is 4.58. The first-order valence-electron chi connectivity index (χ1n) is 5.53. The lowest BCUT2D eigenvalue weighted by molar-refractivity contribution is -0.375. The monoisotopic (exact) mass is 416 g/mol. The van der Waals surface area contributed by atoms with Crippen molar-refractivity contribution in [3.8, 4) is 0 Å². The largest absolute Gasteiger partial charge is 0.431 e. The van der Waals surface area contributed by atoms with Crippen LogP contribution in [0.3, 0.4) is 0 Å². The van der Waals surface area contributed by atoms with Crippen molar-refractivity contribution in [3.63, 3.8) is 0 Å². The molecule has 0 aliphatic heterocycles. The van der Waals surface area contributed by atoms with E-state index in [-0.39, 0.29) is 0 Å². The topological polar surface area (TPSA) is 40.5 Å². The van der Waals surface area contributed by atoms with Crippen LogP contribution in [-0.2, 0) is 11.2 Å². The molecule has 0 amide bonds. The minimum absolute atomic E-state index is 0.427. The van der Waals surface area contributed by atoms with Gasteiger partial charge in [-0.15, -0.1) is 11.3 Å².